The third-order valence-electron chi connectivity index (χ3n) is 3.03. The maximum absolute atomic E-state index is 12.1. The summed E-state index contributed by atoms with van der Waals surface area (Å²) in [5.41, 5.74) is 0.419. The van der Waals surface area contributed by atoms with Crippen molar-refractivity contribution in [3.05, 3.63) is 32.9 Å². The summed E-state index contributed by atoms with van der Waals surface area (Å²) in [6.07, 6.45) is -0.0284. The number of benzene rings is 1. The summed E-state index contributed by atoms with van der Waals surface area (Å²) in [4.78, 5) is 24.1. The molecule has 2 fully saturated rings. The van der Waals surface area contributed by atoms with Gasteiger partial charge in [-0.05, 0) is 40.8 Å². The van der Waals surface area contributed by atoms with Crippen molar-refractivity contribution in [2.24, 2.45) is 0 Å². The molecule has 2 aliphatic heterocycles. The molecule has 21 heavy (non-hydrogen) atoms. The molecule has 0 spiro atoms. The number of epoxide rings is 2. The number of rotatable bonds is 6. The van der Waals surface area contributed by atoms with Gasteiger partial charge in [0.1, 0.15) is 25.4 Å². The Kier molecular flexibility index (Phi) is 4.41. The Morgan fingerprint density at radius 2 is 1.57 bits per heavy atom. The molecule has 2 atom stereocenters. The predicted molar refractivity (Wildman–Crippen MR) is 79.2 cm³/mol. The van der Waals surface area contributed by atoms with Gasteiger partial charge in [-0.25, -0.2) is 9.59 Å². The first-order valence-electron chi connectivity index (χ1n) is 6.50. The zero-order chi connectivity index (χ0) is 14.8. The molecule has 0 saturated carbocycles. The van der Waals surface area contributed by atoms with E-state index in [9.17, 15) is 9.59 Å². The van der Waals surface area contributed by atoms with Crippen molar-refractivity contribution in [1.82, 2.24) is 0 Å². The summed E-state index contributed by atoms with van der Waals surface area (Å²) in [5.74, 6) is -1.09. The third-order valence-corrected chi connectivity index (χ3v) is 3.70. The highest BCUT2D eigenvalue weighted by atomic mass is 127. The number of carbonyl (C=O) groups excluding carboxylic acids is 2. The van der Waals surface area contributed by atoms with Gasteiger partial charge in [0.2, 0.25) is 0 Å². The van der Waals surface area contributed by atoms with Crippen LogP contribution >= 0.6 is 22.6 Å². The lowest BCUT2D eigenvalue weighted by molar-refractivity contribution is 0.0430. The van der Waals surface area contributed by atoms with Crippen LogP contribution in [0.4, 0.5) is 0 Å². The molecule has 1 aromatic carbocycles. The van der Waals surface area contributed by atoms with Crippen LogP contribution in [0.25, 0.3) is 0 Å². The van der Waals surface area contributed by atoms with E-state index in [1.54, 1.807) is 18.2 Å². The van der Waals surface area contributed by atoms with E-state index in [1.165, 1.54) is 0 Å². The van der Waals surface area contributed by atoms with E-state index in [0.29, 0.717) is 13.2 Å². The van der Waals surface area contributed by atoms with E-state index in [0.717, 1.165) is 3.57 Å². The summed E-state index contributed by atoms with van der Waals surface area (Å²) < 4.78 is 21.1. The molecule has 0 aliphatic carbocycles. The average Bonchev–Trinajstić information content (AvgIpc) is 3.36. The fraction of sp³-hybridized carbons (Fsp3) is 0.429. The van der Waals surface area contributed by atoms with Crippen LogP contribution < -0.4 is 0 Å². The number of carbonyl (C=O) groups is 2. The minimum atomic E-state index is -0.545. The number of hydrogen-bond acceptors (Lipinski definition) is 6. The molecule has 0 aromatic heterocycles. The summed E-state index contributed by atoms with van der Waals surface area (Å²) in [6.45, 7) is 1.62. The largest absolute Gasteiger partial charge is 0.459 e. The molecule has 3 rings (SSSR count). The van der Waals surface area contributed by atoms with Crippen molar-refractivity contribution in [3.63, 3.8) is 0 Å². The van der Waals surface area contributed by atoms with Gasteiger partial charge in [-0.15, -0.1) is 0 Å². The van der Waals surface area contributed by atoms with E-state index in [4.69, 9.17) is 18.9 Å². The molecule has 0 N–H and O–H groups in total. The SMILES string of the molecule is O=C(OCC1CO1)c1ccc(I)cc1C(=O)OCC1CO1. The smallest absolute Gasteiger partial charge is 0.339 e. The van der Waals surface area contributed by atoms with Crippen molar-refractivity contribution in [3.8, 4) is 0 Å². The van der Waals surface area contributed by atoms with Gasteiger partial charge in [-0.3, -0.25) is 0 Å². The monoisotopic (exact) mass is 404 g/mol. The molecule has 0 bridgehead atoms. The molecule has 6 nitrogen and oxygen atoms in total. The Balaban J connectivity index is 1.70. The second-order valence-electron chi connectivity index (χ2n) is 4.80. The zero-order valence-corrected chi connectivity index (χ0v) is 13.2. The topological polar surface area (TPSA) is 77.7 Å². The maximum Gasteiger partial charge on any atom is 0.339 e. The standard InChI is InChI=1S/C14H13IO6/c15-8-1-2-11(13(16)20-6-9-4-18-9)12(3-8)14(17)21-7-10-5-19-10/h1-3,9-10H,4-7H2. The third kappa shape index (κ3) is 4.14. The fourth-order valence-electron chi connectivity index (χ4n) is 1.68. The van der Waals surface area contributed by atoms with Gasteiger partial charge in [0.05, 0.1) is 24.3 Å². The van der Waals surface area contributed by atoms with Crippen LogP contribution in [0.3, 0.4) is 0 Å². The van der Waals surface area contributed by atoms with Gasteiger partial charge in [0.25, 0.3) is 0 Å². The van der Waals surface area contributed by atoms with Crippen LogP contribution in [0.1, 0.15) is 20.7 Å². The second kappa shape index (κ2) is 6.29. The van der Waals surface area contributed by atoms with Crippen molar-refractivity contribution >= 4 is 34.5 Å². The molecule has 2 saturated heterocycles. The van der Waals surface area contributed by atoms with Gasteiger partial charge in [0.15, 0.2) is 0 Å². The molecule has 0 radical (unpaired) electrons. The Bertz CT molecular complexity index is 565. The molecule has 2 aliphatic rings. The van der Waals surface area contributed by atoms with E-state index in [-0.39, 0.29) is 36.5 Å². The van der Waals surface area contributed by atoms with Gasteiger partial charge in [-0.2, -0.15) is 0 Å². The molecule has 2 heterocycles. The fourth-order valence-corrected chi connectivity index (χ4v) is 2.18. The van der Waals surface area contributed by atoms with Crippen LogP contribution in [0.5, 0.6) is 0 Å². The van der Waals surface area contributed by atoms with Crippen LogP contribution in [0.2, 0.25) is 0 Å². The molecule has 2 unspecified atom stereocenters. The molecule has 1 aromatic rings. The van der Waals surface area contributed by atoms with Gasteiger partial charge in [0, 0.05) is 3.57 Å². The quantitative estimate of drug-likeness (QED) is 0.406. The predicted octanol–water partition coefficient (Wildman–Crippen LogP) is 1.40. The lowest BCUT2D eigenvalue weighted by atomic mass is 10.1. The summed E-state index contributed by atoms with van der Waals surface area (Å²) in [7, 11) is 0. The van der Waals surface area contributed by atoms with Crippen LogP contribution in [-0.4, -0.2) is 50.6 Å². The second-order valence-corrected chi connectivity index (χ2v) is 6.04. The maximum atomic E-state index is 12.1. The minimum absolute atomic E-state index is 0.0137. The van der Waals surface area contributed by atoms with Crippen molar-refractivity contribution in [2.45, 2.75) is 12.2 Å². The zero-order valence-electron chi connectivity index (χ0n) is 11.0. The number of halogens is 1. The summed E-state index contributed by atoms with van der Waals surface area (Å²) in [6, 6.07) is 4.93. The Morgan fingerprint density at radius 1 is 1.05 bits per heavy atom. The number of esters is 2. The minimum Gasteiger partial charge on any atom is -0.459 e. The van der Waals surface area contributed by atoms with Crippen LogP contribution in [0.15, 0.2) is 18.2 Å². The lowest BCUT2D eigenvalue weighted by Crippen LogP contribution is -2.17. The van der Waals surface area contributed by atoms with Crippen LogP contribution in [-0.2, 0) is 18.9 Å². The highest BCUT2D eigenvalue weighted by Gasteiger charge is 2.28. The van der Waals surface area contributed by atoms with Gasteiger partial charge >= 0.3 is 11.9 Å². The highest BCUT2D eigenvalue weighted by Crippen LogP contribution is 2.19. The van der Waals surface area contributed by atoms with Crippen molar-refractivity contribution in [1.29, 1.82) is 0 Å². The summed E-state index contributed by atoms with van der Waals surface area (Å²) >= 11 is 2.07. The Labute approximate surface area is 134 Å². The van der Waals surface area contributed by atoms with Crippen molar-refractivity contribution < 1.29 is 28.5 Å². The van der Waals surface area contributed by atoms with E-state index in [1.807, 2.05) is 0 Å². The van der Waals surface area contributed by atoms with Gasteiger partial charge in [-0.1, -0.05) is 0 Å². The number of hydrogen-bond donors (Lipinski definition) is 0. The van der Waals surface area contributed by atoms with E-state index in [2.05, 4.69) is 22.6 Å². The first-order valence-corrected chi connectivity index (χ1v) is 7.58. The molecular formula is C14H13IO6. The molecular weight excluding hydrogens is 391 g/mol. The van der Waals surface area contributed by atoms with Gasteiger partial charge < -0.3 is 18.9 Å². The van der Waals surface area contributed by atoms with E-state index >= 15 is 0 Å². The molecule has 0 amide bonds. The lowest BCUT2D eigenvalue weighted by Gasteiger charge is -2.09. The average molecular weight is 404 g/mol. The normalized spacial score (nSPS) is 22.5. The van der Waals surface area contributed by atoms with Crippen LogP contribution in [0, 0.1) is 3.57 Å². The Hall–Kier alpha value is -1.19. The number of ether oxygens (including phenoxy) is 4. The van der Waals surface area contributed by atoms with Crippen molar-refractivity contribution in [2.75, 3.05) is 26.4 Å². The highest BCUT2D eigenvalue weighted by molar-refractivity contribution is 14.1. The molecule has 7 heteroatoms. The first kappa shape index (κ1) is 14.7. The summed E-state index contributed by atoms with van der Waals surface area (Å²) in [5, 5.41) is 0. The van der Waals surface area contributed by atoms with E-state index < -0.39 is 11.9 Å². The Morgan fingerprint density at radius 3 is 2.10 bits per heavy atom. The first-order chi connectivity index (χ1) is 10.1. The molecule has 112 valence electrons.